The zero-order valence-corrected chi connectivity index (χ0v) is 12.6. The Hall–Kier alpha value is -2.16. The molecule has 0 bridgehead atoms. The fraction of sp³-hybridized carbons (Fsp3) is 0.692. The van der Waals surface area contributed by atoms with Crippen LogP contribution in [0.2, 0.25) is 0 Å². The van der Waals surface area contributed by atoms with Gasteiger partial charge in [0.05, 0.1) is 6.54 Å². The fourth-order valence-electron chi connectivity index (χ4n) is 2.32. The smallest absolute Gasteiger partial charge is 0.326 e. The van der Waals surface area contributed by atoms with Gasteiger partial charge in [-0.1, -0.05) is 0 Å². The largest absolute Gasteiger partial charge is 0.480 e. The van der Waals surface area contributed by atoms with Gasteiger partial charge in [-0.15, -0.1) is 0 Å². The molecule has 0 saturated carbocycles. The number of nitrogens with two attached hydrogens (primary N) is 1. The molecule has 0 aromatic rings. The Kier molecular flexibility index (Phi) is 5.86. The molecule has 1 aliphatic rings. The maximum absolute atomic E-state index is 12.3. The lowest BCUT2D eigenvalue weighted by atomic mass is 10.1. The van der Waals surface area contributed by atoms with E-state index in [1.807, 2.05) is 0 Å². The average molecular weight is 316 g/mol. The van der Waals surface area contributed by atoms with Crippen molar-refractivity contribution in [1.29, 1.82) is 0 Å². The first-order chi connectivity index (χ1) is 10.1. The van der Waals surface area contributed by atoms with Crippen molar-refractivity contribution >= 4 is 23.8 Å². The summed E-state index contributed by atoms with van der Waals surface area (Å²) in [6.07, 6.45) is -1.60. The summed E-state index contributed by atoms with van der Waals surface area (Å²) < 4.78 is 9.79. The molecular weight excluding hydrogens is 296 g/mol. The van der Waals surface area contributed by atoms with Crippen LogP contribution in [0.15, 0.2) is 0 Å². The number of rotatable bonds is 5. The van der Waals surface area contributed by atoms with Crippen molar-refractivity contribution in [3.63, 3.8) is 0 Å². The highest BCUT2D eigenvalue weighted by Gasteiger charge is 2.43. The van der Waals surface area contributed by atoms with Gasteiger partial charge in [0, 0.05) is 20.3 Å². The quantitative estimate of drug-likeness (QED) is 0.609. The van der Waals surface area contributed by atoms with Crippen LogP contribution in [0, 0.1) is 0 Å². The van der Waals surface area contributed by atoms with Crippen molar-refractivity contribution in [3.8, 4) is 0 Å². The monoisotopic (exact) mass is 316 g/mol. The maximum atomic E-state index is 12.3. The summed E-state index contributed by atoms with van der Waals surface area (Å²) in [7, 11) is 0. The highest BCUT2D eigenvalue weighted by Crippen LogP contribution is 2.22. The number of aliphatic carboxylic acids is 1. The number of nitrogens with zero attached hydrogens (tertiary/aromatic N) is 1. The van der Waals surface area contributed by atoms with E-state index in [0.29, 0.717) is 0 Å². The van der Waals surface area contributed by atoms with Gasteiger partial charge in [-0.2, -0.15) is 0 Å². The van der Waals surface area contributed by atoms with Crippen LogP contribution in [0.3, 0.4) is 0 Å². The standard InChI is InChI=1S/C13H20N2O7/c1-6(21-7(2)16)11(14)12(18)15-5-9(22-8(3)17)4-10(15)13(19)20/h6,9-11H,4-5,14H2,1-3H3,(H,19,20)/t6-,9-,10+,11+/m1/s1. The van der Waals surface area contributed by atoms with E-state index >= 15 is 0 Å². The van der Waals surface area contributed by atoms with Crippen molar-refractivity contribution < 1.29 is 33.8 Å². The molecule has 1 amide bonds. The summed E-state index contributed by atoms with van der Waals surface area (Å²) in [5.41, 5.74) is 5.73. The number of amides is 1. The SMILES string of the molecule is CC(=O)O[C@@H]1C[C@@H](C(=O)O)N(C(=O)[C@@H](N)[C@@H](C)OC(C)=O)C1. The number of carboxylic acids is 1. The third-order valence-electron chi connectivity index (χ3n) is 3.31. The molecule has 0 unspecified atom stereocenters. The van der Waals surface area contributed by atoms with Gasteiger partial charge in [-0.3, -0.25) is 14.4 Å². The van der Waals surface area contributed by atoms with E-state index in [1.54, 1.807) is 0 Å². The molecule has 0 spiro atoms. The third-order valence-corrected chi connectivity index (χ3v) is 3.31. The van der Waals surface area contributed by atoms with E-state index < -0.39 is 48.1 Å². The first kappa shape index (κ1) is 17.9. The second-order valence-corrected chi connectivity index (χ2v) is 5.15. The lowest BCUT2D eigenvalue weighted by Gasteiger charge is -2.27. The number of hydrogen-bond acceptors (Lipinski definition) is 7. The van der Waals surface area contributed by atoms with Crippen molar-refractivity contribution in [3.05, 3.63) is 0 Å². The molecule has 1 aliphatic heterocycles. The number of esters is 2. The third kappa shape index (κ3) is 4.42. The van der Waals surface area contributed by atoms with Crippen LogP contribution in [-0.4, -0.2) is 64.7 Å². The summed E-state index contributed by atoms with van der Waals surface area (Å²) in [6.45, 7) is 3.77. The normalized spacial score (nSPS) is 23.5. The van der Waals surface area contributed by atoms with Crippen LogP contribution in [-0.2, 0) is 28.7 Å². The highest BCUT2D eigenvalue weighted by molar-refractivity contribution is 5.88. The second kappa shape index (κ2) is 7.21. The van der Waals surface area contributed by atoms with Crippen LogP contribution >= 0.6 is 0 Å². The number of carbonyl (C=O) groups excluding carboxylic acids is 3. The Morgan fingerprint density at radius 1 is 1.23 bits per heavy atom. The molecular formula is C13H20N2O7. The second-order valence-electron chi connectivity index (χ2n) is 5.15. The van der Waals surface area contributed by atoms with Crippen molar-refractivity contribution in [2.45, 2.75) is 51.5 Å². The zero-order chi connectivity index (χ0) is 17.0. The number of likely N-dealkylation sites (tertiary alicyclic amines) is 1. The maximum Gasteiger partial charge on any atom is 0.326 e. The lowest BCUT2D eigenvalue weighted by Crippen LogP contribution is -2.53. The van der Waals surface area contributed by atoms with E-state index in [1.165, 1.54) is 20.8 Å². The molecule has 0 aliphatic carbocycles. The number of carboxylic acid groups (broad SMARTS) is 1. The number of carbonyl (C=O) groups is 4. The molecule has 0 radical (unpaired) electrons. The molecule has 1 rings (SSSR count). The Balaban J connectivity index is 2.82. The van der Waals surface area contributed by atoms with Gasteiger partial charge in [0.15, 0.2) is 0 Å². The summed E-state index contributed by atoms with van der Waals surface area (Å²) in [5.74, 6) is -3.03. The van der Waals surface area contributed by atoms with Crippen LogP contribution in [0.25, 0.3) is 0 Å². The van der Waals surface area contributed by atoms with Gasteiger partial charge in [0.2, 0.25) is 5.91 Å². The van der Waals surface area contributed by atoms with Crippen LogP contribution in [0.5, 0.6) is 0 Å². The molecule has 1 saturated heterocycles. The molecule has 1 fully saturated rings. The number of ether oxygens (including phenoxy) is 2. The van der Waals surface area contributed by atoms with Crippen molar-refractivity contribution in [2.24, 2.45) is 5.73 Å². The summed E-state index contributed by atoms with van der Waals surface area (Å²) in [5, 5.41) is 9.19. The van der Waals surface area contributed by atoms with E-state index in [4.69, 9.17) is 15.2 Å². The van der Waals surface area contributed by atoms with Gasteiger partial charge >= 0.3 is 17.9 Å². The van der Waals surface area contributed by atoms with Crippen molar-refractivity contribution in [2.75, 3.05) is 6.54 Å². The van der Waals surface area contributed by atoms with Crippen LogP contribution < -0.4 is 5.73 Å². The highest BCUT2D eigenvalue weighted by atomic mass is 16.5. The predicted molar refractivity (Wildman–Crippen MR) is 72.5 cm³/mol. The minimum atomic E-state index is -1.21. The molecule has 9 heteroatoms. The van der Waals surface area contributed by atoms with Gasteiger partial charge in [-0.25, -0.2) is 4.79 Å². The molecule has 124 valence electrons. The van der Waals surface area contributed by atoms with Gasteiger partial charge in [0.25, 0.3) is 0 Å². The van der Waals surface area contributed by atoms with Gasteiger partial charge in [-0.05, 0) is 6.92 Å². The van der Waals surface area contributed by atoms with Crippen LogP contribution in [0.4, 0.5) is 0 Å². The Labute approximate surface area is 127 Å². The summed E-state index contributed by atoms with van der Waals surface area (Å²) in [4.78, 5) is 46.5. The molecule has 9 nitrogen and oxygen atoms in total. The summed E-state index contributed by atoms with van der Waals surface area (Å²) >= 11 is 0. The minimum absolute atomic E-state index is 0.00464. The van der Waals surface area contributed by atoms with Crippen molar-refractivity contribution in [1.82, 2.24) is 4.90 Å². The summed E-state index contributed by atoms with van der Waals surface area (Å²) in [6, 6.07) is -2.32. The first-order valence-electron chi connectivity index (χ1n) is 6.76. The minimum Gasteiger partial charge on any atom is -0.480 e. The molecule has 3 N–H and O–H groups in total. The molecule has 0 aromatic heterocycles. The Morgan fingerprint density at radius 2 is 1.82 bits per heavy atom. The van der Waals surface area contributed by atoms with E-state index in [2.05, 4.69) is 0 Å². The van der Waals surface area contributed by atoms with E-state index in [0.717, 1.165) is 4.90 Å². The molecule has 0 aromatic carbocycles. The van der Waals surface area contributed by atoms with Gasteiger partial charge in [0.1, 0.15) is 24.3 Å². The van der Waals surface area contributed by atoms with Gasteiger partial charge < -0.3 is 25.2 Å². The first-order valence-corrected chi connectivity index (χ1v) is 6.76. The number of hydrogen-bond donors (Lipinski definition) is 2. The zero-order valence-electron chi connectivity index (χ0n) is 12.6. The van der Waals surface area contributed by atoms with E-state index in [-0.39, 0.29) is 13.0 Å². The lowest BCUT2D eigenvalue weighted by molar-refractivity contribution is -0.154. The average Bonchev–Trinajstić information content (AvgIpc) is 2.79. The van der Waals surface area contributed by atoms with E-state index in [9.17, 15) is 24.3 Å². The van der Waals surface area contributed by atoms with Crippen LogP contribution in [0.1, 0.15) is 27.2 Å². The Bertz CT molecular complexity index is 479. The fourth-order valence-corrected chi connectivity index (χ4v) is 2.32. The molecule has 4 atom stereocenters. The predicted octanol–water partition coefficient (Wildman–Crippen LogP) is -1.12. The Morgan fingerprint density at radius 3 is 2.27 bits per heavy atom. The molecule has 1 heterocycles. The molecule has 22 heavy (non-hydrogen) atoms. The topological polar surface area (TPSA) is 136 Å².